The molecule has 3 fully saturated rings. The maximum atomic E-state index is 14.1. The molecule has 6 heteroatoms. The third-order valence-electron chi connectivity index (χ3n) is 5.83. The predicted octanol–water partition coefficient (Wildman–Crippen LogP) is 1.45. The monoisotopic (exact) mass is 347 g/mol. The maximum Gasteiger partial charge on any atom is 0.256 e. The molecule has 0 N–H and O–H groups in total. The van der Waals surface area contributed by atoms with Gasteiger partial charge in [0.2, 0.25) is 0 Å². The lowest BCUT2D eigenvalue weighted by Gasteiger charge is -2.57. The molecule has 3 aliphatic heterocycles. The molecule has 0 spiro atoms. The highest BCUT2D eigenvalue weighted by Crippen LogP contribution is 2.30. The van der Waals surface area contributed by atoms with Crippen LogP contribution in [-0.2, 0) is 4.74 Å². The number of rotatable bonds is 2. The summed E-state index contributed by atoms with van der Waals surface area (Å²) >= 11 is 0. The van der Waals surface area contributed by atoms with Gasteiger partial charge in [-0.05, 0) is 26.0 Å². The molecule has 3 heterocycles. The molecule has 0 aromatic heterocycles. The Bertz CT molecular complexity index is 662. The van der Waals surface area contributed by atoms with Crippen LogP contribution in [-0.4, -0.2) is 84.2 Å². The standard InChI is InChI=1S/C19H26FN3O2/c1-19(2)13-22(18(24)16-5-3-4-6-17(16)20)10-14-9-21(7-8-23(14)19)15-11-25-12-15/h3-6,14-15H,7-13H2,1-2H3/t14-/m0/s1. The number of fused-ring (bicyclic) bond motifs is 1. The molecular formula is C19H26FN3O2. The summed E-state index contributed by atoms with van der Waals surface area (Å²) < 4.78 is 19.4. The van der Waals surface area contributed by atoms with Crippen LogP contribution in [0.3, 0.4) is 0 Å². The van der Waals surface area contributed by atoms with Gasteiger partial charge < -0.3 is 9.64 Å². The quantitative estimate of drug-likeness (QED) is 0.811. The van der Waals surface area contributed by atoms with Gasteiger partial charge in [0, 0.05) is 44.3 Å². The van der Waals surface area contributed by atoms with E-state index in [1.165, 1.54) is 6.07 Å². The van der Waals surface area contributed by atoms with E-state index < -0.39 is 5.82 Å². The minimum absolute atomic E-state index is 0.105. The van der Waals surface area contributed by atoms with Crippen LogP contribution < -0.4 is 0 Å². The fourth-order valence-corrected chi connectivity index (χ4v) is 4.43. The summed E-state index contributed by atoms with van der Waals surface area (Å²) in [5.41, 5.74) is 0.0678. The average Bonchev–Trinajstić information content (AvgIpc) is 2.52. The zero-order chi connectivity index (χ0) is 17.6. The Morgan fingerprint density at radius 1 is 1.16 bits per heavy atom. The third kappa shape index (κ3) is 3.07. The number of hydrogen-bond donors (Lipinski definition) is 0. The summed E-state index contributed by atoms with van der Waals surface area (Å²) in [4.78, 5) is 19.7. The van der Waals surface area contributed by atoms with Crippen LogP contribution >= 0.6 is 0 Å². The largest absolute Gasteiger partial charge is 0.378 e. The molecular weight excluding hydrogens is 321 g/mol. The van der Waals surface area contributed by atoms with E-state index in [1.54, 1.807) is 18.2 Å². The van der Waals surface area contributed by atoms with Crippen LogP contribution in [0.5, 0.6) is 0 Å². The molecule has 0 saturated carbocycles. The van der Waals surface area contributed by atoms with Gasteiger partial charge in [-0.2, -0.15) is 0 Å². The second-order valence-electron chi connectivity index (χ2n) is 8.01. The summed E-state index contributed by atoms with van der Waals surface area (Å²) in [6.07, 6.45) is 0. The highest BCUT2D eigenvalue weighted by molar-refractivity contribution is 5.94. The SMILES string of the molecule is CC1(C)CN(C(=O)c2ccccc2F)C[C@@H]2CN(C3COC3)CCN21. The lowest BCUT2D eigenvalue weighted by Crippen LogP contribution is -2.71. The number of carbonyl (C=O) groups excluding carboxylic acids is 1. The van der Waals surface area contributed by atoms with E-state index in [4.69, 9.17) is 4.74 Å². The Balaban J connectivity index is 1.53. The number of halogens is 1. The summed E-state index contributed by atoms with van der Waals surface area (Å²) in [5.74, 6) is -0.639. The number of amides is 1. The number of piperazine rings is 2. The van der Waals surface area contributed by atoms with Crippen molar-refractivity contribution in [3.8, 4) is 0 Å². The van der Waals surface area contributed by atoms with Gasteiger partial charge >= 0.3 is 0 Å². The number of ether oxygens (including phenoxy) is 1. The minimum Gasteiger partial charge on any atom is -0.378 e. The first-order valence-corrected chi connectivity index (χ1v) is 9.08. The Labute approximate surface area is 148 Å². The first kappa shape index (κ1) is 16.9. The van der Waals surface area contributed by atoms with Crippen LogP contribution in [0.2, 0.25) is 0 Å². The first-order chi connectivity index (χ1) is 12.0. The molecule has 0 unspecified atom stereocenters. The molecule has 1 aromatic carbocycles. The summed E-state index contributed by atoms with van der Waals surface area (Å²) in [6, 6.07) is 7.07. The van der Waals surface area contributed by atoms with E-state index in [-0.39, 0.29) is 23.1 Å². The zero-order valence-corrected chi connectivity index (χ0v) is 14.9. The molecule has 0 aliphatic carbocycles. The molecule has 1 atom stereocenters. The Hall–Kier alpha value is -1.50. The van der Waals surface area contributed by atoms with Crippen molar-refractivity contribution in [2.75, 3.05) is 45.9 Å². The van der Waals surface area contributed by atoms with Crippen LogP contribution in [0.15, 0.2) is 24.3 Å². The highest BCUT2D eigenvalue weighted by atomic mass is 19.1. The molecule has 1 amide bonds. The molecule has 0 bridgehead atoms. The second kappa shape index (κ2) is 6.34. The predicted molar refractivity (Wildman–Crippen MR) is 93.1 cm³/mol. The van der Waals surface area contributed by atoms with E-state index in [1.807, 2.05) is 4.90 Å². The van der Waals surface area contributed by atoms with Gasteiger partial charge in [-0.15, -0.1) is 0 Å². The normalized spacial score (nSPS) is 27.6. The first-order valence-electron chi connectivity index (χ1n) is 9.08. The average molecular weight is 347 g/mol. The Morgan fingerprint density at radius 3 is 2.60 bits per heavy atom. The summed E-state index contributed by atoms with van der Waals surface area (Å²) in [7, 11) is 0. The molecule has 4 rings (SSSR count). The summed E-state index contributed by atoms with van der Waals surface area (Å²) in [5, 5.41) is 0. The number of nitrogens with zero attached hydrogens (tertiary/aromatic N) is 3. The second-order valence-corrected chi connectivity index (χ2v) is 8.01. The molecule has 3 aliphatic rings. The summed E-state index contributed by atoms with van der Waals surface area (Å²) in [6.45, 7) is 10.3. The van der Waals surface area contributed by atoms with Gasteiger partial charge in [-0.25, -0.2) is 4.39 Å². The fourth-order valence-electron chi connectivity index (χ4n) is 4.43. The third-order valence-corrected chi connectivity index (χ3v) is 5.83. The molecule has 0 radical (unpaired) electrons. The smallest absolute Gasteiger partial charge is 0.256 e. The molecule has 25 heavy (non-hydrogen) atoms. The molecule has 1 aromatic rings. The fraction of sp³-hybridized carbons (Fsp3) is 0.632. The van der Waals surface area contributed by atoms with Crippen molar-refractivity contribution in [3.63, 3.8) is 0 Å². The van der Waals surface area contributed by atoms with Crippen molar-refractivity contribution in [3.05, 3.63) is 35.6 Å². The maximum absolute atomic E-state index is 14.1. The lowest BCUT2D eigenvalue weighted by atomic mass is 9.91. The number of carbonyl (C=O) groups is 1. The topological polar surface area (TPSA) is 36.0 Å². The lowest BCUT2D eigenvalue weighted by molar-refractivity contribution is -0.113. The Morgan fingerprint density at radius 2 is 1.92 bits per heavy atom. The molecule has 3 saturated heterocycles. The van der Waals surface area contributed by atoms with E-state index in [0.717, 1.165) is 32.8 Å². The number of benzene rings is 1. The van der Waals surface area contributed by atoms with Gasteiger partial charge in [-0.3, -0.25) is 14.6 Å². The van der Waals surface area contributed by atoms with E-state index in [9.17, 15) is 9.18 Å². The molecule has 136 valence electrons. The van der Waals surface area contributed by atoms with E-state index >= 15 is 0 Å². The van der Waals surface area contributed by atoms with Crippen LogP contribution in [0.1, 0.15) is 24.2 Å². The van der Waals surface area contributed by atoms with Crippen LogP contribution in [0.25, 0.3) is 0 Å². The van der Waals surface area contributed by atoms with Crippen LogP contribution in [0.4, 0.5) is 4.39 Å². The van der Waals surface area contributed by atoms with E-state index in [2.05, 4.69) is 23.6 Å². The Kier molecular flexibility index (Phi) is 4.30. The zero-order valence-electron chi connectivity index (χ0n) is 14.9. The van der Waals surface area contributed by atoms with Crippen molar-refractivity contribution in [1.29, 1.82) is 0 Å². The van der Waals surface area contributed by atoms with Gasteiger partial charge in [0.05, 0.1) is 24.8 Å². The van der Waals surface area contributed by atoms with Gasteiger partial charge in [-0.1, -0.05) is 12.1 Å². The van der Waals surface area contributed by atoms with Crippen molar-refractivity contribution in [2.24, 2.45) is 0 Å². The highest BCUT2D eigenvalue weighted by Gasteiger charge is 2.45. The van der Waals surface area contributed by atoms with Crippen molar-refractivity contribution < 1.29 is 13.9 Å². The van der Waals surface area contributed by atoms with Gasteiger partial charge in [0.1, 0.15) is 5.82 Å². The van der Waals surface area contributed by atoms with Crippen molar-refractivity contribution >= 4 is 5.91 Å². The van der Waals surface area contributed by atoms with E-state index in [0.29, 0.717) is 19.1 Å². The van der Waals surface area contributed by atoms with Gasteiger partial charge in [0.25, 0.3) is 5.91 Å². The minimum atomic E-state index is -0.440. The molecule has 5 nitrogen and oxygen atoms in total. The number of hydrogen-bond acceptors (Lipinski definition) is 4. The van der Waals surface area contributed by atoms with Crippen LogP contribution in [0, 0.1) is 5.82 Å². The van der Waals surface area contributed by atoms with Crippen molar-refractivity contribution in [2.45, 2.75) is 31.5 Å². The van der Waals surface area contributed by atoms with Crippen molar-refractivity contribution in [1.82, 2.24) is 14.7 Å². The van der Waals surface area contributed by atoms with Gasteiger partial charge in [0.15, 0.2) is 0 Å².